The van der Waals surface area contributed by atoms with E-state index in [2.05, 4.69) is 42.2 Å². The predicted molar refractivity (Wildman–Crippen MR) is 135 cm³/mol. The van der Waals surface area contributed by atoms with Gasteiger partial charge in [-0.05, 0) is 88.2 Å². The molecule has 3 aromatic carbocycles. The van der Waals surface area contributed by atoms with Gasteiger partial charge in [-0.2, -0.15) is 0 Å². The highest BCUT2D eigenvalue weighted by Crippen LogP contribution is 2.31. The Hall–Kier alpha value is -2.35. The standard InChI is InChI=1S/C24H18Br2N2O2S/c1-15-2-9-19(10-3-15)27-24-28-23(29)22(31-24)13-17-6-11-21(20(26)12-17)30-14-16-4-7-18(25)8-5-16/h2-13H,14H2,1H3,(H,27,28,29)/b22-13+. The molecule has 1 aliphatic heterocycles. The number of hydrogen-bond donors (Lipinski definition) is 1. The first-order chi connectivity index (χ1) is 15.0. The number of benzene rings is 3. The van der Waals surface area contributed by atoms with Gasteiger partial charge in [-0.15, -0.1) is 0 Å². The summed E-state index contributed by atoms with van der Waals surface area (Å²) in [6, 6.07) is 21.6. The van der Waals surface area contributed by atoms with Crippen LogP contribution >= 0.6 is 43.6 Å². The number of carbonyl (C=O) groups excluding carboxylic acids is 1. The Kier molecular flexibility index (Phi) is 6.95. The van der Waals surface area contributed by atoms with Gasteiger partial charge in [0.1, 0.15) is 12.4 Å². The van der Waals surface area contributed by atoms with Crippen molar-refractivity contribution < 1.29 is 9.53 Å². The molecule has 0 saturated carbocycles. The van der Waals surface area contributed by atoms with Gasteiger partial charge in [0.15, 0.2) is 5.17 Å². The summed E-state index contributed by atoms with van der Waals surface area (Å²) in [6.07, 6.45) is 1.85. The van der Waals surface area contributed by atoms with Crippen molar-refractivity contribution in [3.8, 4) is 5.75 Å². The Morgan fingerprint density at radius 1 is 1.03 bits per heavy atom. The highest BCUT2D eigenvalue weighted by molar-refractivity contribution is 9.10. The average molecular weight is 558 g/mol. The number of amides is 1. The highest BCUT2D eigenvalue weighted by atomic mass is 79.9. The minimum absolute atomic E-state index is 0.150. The summed E-state index contributed by atoms with van der Waals surface area (Å²) in [4.78, 5) is 17.5. The van der Waals surface area contributed by atoms with Gasteiger partial charge in [-0.1, -0.05) is 51.8 Å². The Balaban J connectivity index is 1.44. The lowest BCUT2D eigenvalue weighted by Crippen LogP contribution is -2.19. The van der Waals surface area contributed by atoms with E-state index in [9.17, 15) is 4.79 Å². The molecule has 1 N–H and O–H groups in total. The van der Waals surface area contributed by atoms with Crippen LogP contribution in [0.25, 0.3) is 6.08 Å². The van der Waals surface area contributed by atoms with E-state index in [1.807, 2.05) is 79.7 Å². The van der Waals surface area contributed by atoms with Gasteiger partial charge in [0, 0.05) is 4.47 Å². The summed E-state index contributed by atoms with van der Waals surface area (Å²) in [5, 5.41) is 3.40. The Morgan fingerprint density at radius 3 is 2.48 bits per heavy atom. The second kappa shape index (κ2) is 9.85. The van der Waals surface area contributed by atoms with Crippen molar-refractivity contribution >= 4 is 66.5 Å². The summed E-state index contributed by atoms with van der Waals surface area (Å²) >= 11 is 8.33. The lowest BCUT2D eigenvalue weighted by atomic mass is 10.2. The molecule has 1 fully saturated rings. The molecule has 0 radical (unpaired) electrons. The zero-order valence-electron chi connectivity index (χ0n) is 16.6. The predicted octanol–water partition coefficient (Wildman–Crippen LogP) is 6.99. The molecule has 0 bridgehead atoms. The van der Waals surface area contributed by atoms with Crippen LogP contribution in [0.3, 0.4) is 0 Å². The number of hydrogen-bond acceptors (Lipinski definition) is 4. The molecule has 31 heavy (non-hydrogen) atoms. The van der Waals surface area contributed by atoms with Crippen LogP contribution in [0.1, 0.15) is 16.7 Å². The molecule has 4 rings (SSSR count). The molecule has 0 unspecified atom stereocenters. The second-order valence-corrected chi connectivity index (χ2v) is 9.72. The fourth-order valence-electron chi connectivity index (χ4n) is 2.83. The summed E-state index contributed by atoms with van der Waals surface area (Å²) in [5.74, 6) is 0.595. The van der Waals surface area contributed by atoms with Gasteiger partial charge in [0.2, 0.25) is 0 Å². The number of nitrogens with zero attached hydrogens (tertiary/aromatic N) is 1. The van der Waals surface area contributed by atoms with Crippen molar-refractivity contribution in [1.82, 2.24) is 5.32 Å². The molecular formula is C24H18Br2N2O2S. The van der Waals surface area contributed by atoms with E-state index in [0.29, 0.717) is 16.7 Å². The molecule has 0 spiro atoms. The number of ether oxygens (including phenoxy) is 1. The Labute approximate surface area is 202 Å². The van der Waals surface area contributed by atoms with Crippen molar-refractivity contribution in [2.45, 2.75) is 13.5 Å². The zero-order chi connectivity index (χ0) is 21.8. The quantitative estimate of drug-likeness (QED) is 0.344. The molecule has 4 nitrogen and oxygen atoms in total. The number of thioether (sulfide) groups is 1. The van der Waals surface area contributed by atoms with E-state index < -0.39 is 0 Å². The third-order valence-corrected chi connectivity index (χ3v) is 6.54. The topological polar surface area (TPSA) is 50.7 Å². The number of halogens is 2. The zero-order valence-corrected chi connectivity index (χ0v) is 20.6. The molecule has 1 amide bonds. The normalized spacial score (nSPS) is 16.0. The maximum atomic E-state index is 12.3. The molecule has 1 aliphatic rings. The number of nitrogens with one attached hydrogen (secondary N) is 1. The SMILES string of the molecule is Cc1ccc(N=C2NC(=O)/C(=C\c3ccc(OCc4ccc(Br)cc4)c(Br)c3)S2)cc1. The van der Waals surface area contributed by atoms with Gasteiger partial charge in [-0.3, -0.25) is 4.79 Å². The van der Waals surface area contributed by atoms with Crippen LogP contribution in [0.5, 0.6) is 5.75 Å². The van der Waals surface area contributed by atoms with E-state index >= 15 is 0 Å². The monoisotopic (exact) mass is 556 g/mol. The van der Waals surface area contributed by atoms with Crippen LogP contribution in [0.2, 0.25) is 0 Å². The third kappa shape index (κ3) is 5.87. The van der Waals surface area contributed by atoms with Gasteiger partial charge < -0.3 is 10.1 Å². The van der Waals surface area contributed by atoms with Gasteiger partial charge in [0.25, 0.3) is 5.91 Å². The van der Waals surface area contributed by atoms with Crippen LogP contribution in [0.4, 0.5) is 5.69 Å². The molecule has 0 aliphatic carbocycles. The average Bonchev–Trinajstić information content (AvgIpc) is 3.09. The smallest absolute Gasteiger partial charge is 0.264 e. The minimum Gasteiger partial charge on any atom is -0.488 e. The molecule has 0 atom stereocenters. The van der Waals surface area contributed by atoms with Crippen LogP contribution in [0.15, 0.2) is 85.6 Å². The third-order valence-electron chi connectivity index (χ3n) is 4.48. The van der Waals surface area contributed by atoms with E-state index in [-0.39, 0.29) is 5.91 Å². The van der Waals surface area contributed by atoms with E-state index in [0.717, 1.165) is 31.5 Å². The van der Waals surface area contributed by atoms with Crippen LogP contribution < -0.4 is 10.1 Å². The summed E-state index contributed by atoms with van der Waals surface area (Å²) in [7, 11) is 0. The number of aryl methyl sites for hydroxylation is 1. The first-order valence-corrected chi connectivity index (χ1v) is 11.9. The lowest BCUT2D eigenvalue weighted by Gasteiger charge is -2.09. The lowest BCUT2D eigenvalue weighted by molar-refractivity contribution is -0.115. The second-order valence-electron chi connectivity index (χ2n) is 6.92. The molecule has 0 aromatic heterocycles. The first-order valence-electron chi connectivity index (χ1n) is 9.49. The number of rotatable bonds is 5. The summed E-state index contributed by atoms with van der Waals surface area (Å²) in [5.41, 5.74) is 3.96. The van der Waals surface area contributed by atoms with Gasteiger partial charge in [0.05, 0.1) is 15.1 Å². The van der Waals surface area contributed by atoms with Crippen molar-refractivity contribution in [3.63, 3.8) is 0 Å². The van der Waals surface area contributed by atoms with Gasteiger partial charge in [-0.25, -0.2) is 4.99 Å². The van der Waals surface area contributed by atoms with Gasteiger partial charge >= 0.3 is 0 Å². The molecule has 1 saturated heterocycles. The fraction of sp³-hybridized carbons (Fsp3) is 0.0833. The number of amidine groups is 1. The van der Waals surface area contributed by atoms with Crippen molar-refractivity contribution in [1.29, 1.82) is 0 Å². The highest BCUT2D eigenvalue weighted by Gasteiger charge is 2.23. The molecular weight excluding hydrogens is 540 g/mol. The maximum Gasteiger partial charge on any atom is 0.264 e. The van der Waals surface area contributed by atoms with Crippen molar-refractivity contribution in [2.75, 3.05) is 0 Å². The molecule has 7 heteroatoms. The maximum absolute atomic E-state index is 12.3. The molecule has 3 aromatic rings. The number of carbonyl (C=O) groups is 1. The number of aliphatic imine (C=N–C) groups is 1. The Bertz CT molecular complexity index is 1170. The van der Waals surface area contributed by atoms with Crippen LogP contribution in [0, 0.1) is 6.92 Å². The fourth-order valence-corrected chi connectivity index (χ4v) is 4.45. The van der Waals surface area contributed by atoms with E-state index in [4.69, 9.17) is 4.74 Å². The Morgan fingerprint density at radius 2 is 1.77 bits per heavy atom. The molecule has 1 heterocycles. The van der Waals surface area contributed by atoms with Crippen LogP contribution in [-0.4, -0.2) is 11.1 Å². The van der Waals surface area contributed by atoms with Crippen molar-refractivity contribution in [2.24, 2.45) is 4.99 Å². The van der Waals surface area contributed by atoms with E-state index in [1.54, 1.807) is 0 Å². The molecule has 156 valence electrons. The summed E-state index contributed by atoms with van der Waals surface area (Å²) < 4.78 is 7.78. The van der Waals surface area contributed by atoms with E-state index in [1.165, 1.54) is 17.3 Å². The van der Waals surface area contributed by atoms with Crippen LogP contribution in [-0.2, 0) is 11.4 Å². The van der Waals surface area contributed by atoms with Crippen molar-refractivity contribution in [3.05, 3.63) is 97.3 Å². The first kappa shape index (κ1) is 21.9. The largest absolute Gasteiger partial charge is 0.488 e. The minimum atomic E-state index is -0.150. The summed E-state index contributed by atoms with van der Waals surface area (Å²) in [6.45, 7) is 2.50.